The SMILES string of the molecule is CN(CC1CC2CCC1C2)c1cc(C(F)(F)F)cc(N)n1. The molecule has 0 spiro atoms. The van der Waals surface area contributed by atoms with Crippen molar-refractivity contribution in [3.05, 3.63) is 17.7 Å². The third kappa shape index (κ3) is 2.94. The van der Waals surface area contributed by atoms with E-state index in [2.05, 4.69) is 4.98 Å². The summed E-state index contributed by atoms with van der Waals surface area (Å²) in [5.74, 6) is 2.37. The van der Waals surface area contributed by atoms with E-state index in [0.717, 1.165) is 30.5 Å². The van der Waals surface area contributed by atoms with Crippen molar-refractivity contribution in [3.8, 4) is 0 Å². The van der Waals surface area contributed by atoms with Crippen molar-refractivity contribution in [2.45, 2.75) is 31.9 Å². The van der Waals surface area contributed by atoms with Crippen molar-refractivity contribution in [1.29, 1.82) is 0 Å². The van der Waals surface area contributed by atoms with Gasteiger partial charge in [0.05, 0.1) is 5.56 Å². The van der Waals surface area contributed by atoms with Gasteiger partial charge < -0.3 is 10.6 Å². The zero-order chi connectivity index (χ0) is 15.2. The fourth-order valence-electron chi connectivity index (χ4n) is 3.94. The number of anilines is 2. The van der Waals surface area contributed by atoms with E-state index in [1.54, 1.807) is 7.05 Å². The highest BCUT2D eigenvalue weighted by atomic mass is 19.4. The number of pyridine rings is 1. The maximum Gasteiger partial charge on any atom is 0.416 e. The van der Waals surface area contributed by atoms with Gasteiger partial charge in [0.1, 0.15) is 11.6 Å². The first-order valence-corrected chi connectivity index (χ1v) is 7.39. The van der Waals surface area contributed by atoms with Crippen molar-refractivity contribution in [2.24, 2.45) is 17.8 Å². The second-order valence-corrected chi connectivity index (χ2v) is 6.45. The average molecular weight is 299 g/mol. The van der Waals surface area contributed by atoms with Gasteiger partial charge in [-0.25, -0.2) is 4.98 Å². The molecule has 2 N–H and O–H groups in total. The van der Waals surface area contributed by atoms with Gasteiger partial charge in [-0.15, -0.1) is 0 Å². The number of fused-ring (bicyclic) bond motifs is 2. The van der Waals surface area contributed by atoms with Gasteiger partial charge in [-0.1, -0.05) is 6.42 Å². The van der Waals surface area contributed by atoms with Gasteiger partial charge in [0.25, 0.3) is 0 Å². The van der Waals surface area contributed by atoms with Gasteiger partial charge in [-0.3, -0.25) is 0 Å². The Bertz CT molecular complexity index is 529. The lowest BCUT2D eigenvalue weighted by molar-refractivity contribution is -0.137. The molecular weight excluding hydrogens is 279 g/mol. The Morgan fingerprint density at radius 2 is 2.05 bits per heavy atom. The van der Waals surface area contributed by atoms with Crippen LogP contribution in [-0.4, -0.2) is 18.6 Å². The molecule has 2 bridgehead atoms. The molecular formula is C15H20F3N3. The molecule has 3 rings (SSSR count). The van der Waals surface area contributed by atoms with Gasteiger partial charge in [-0.05, 0) is 49.1 Å². The van der Waals surface area contributed by atoms with Crippen LogP contribution in [0, 0.1) is 17.8 Å². The summed E-state index contributed by atoms with van der Waals surface area (Å²) in [6.07, 6.45) is 0.681. The van der Waals surface area contributed by atoms with Gasteiger partial charge in [0.15, 0.2) is 0 Å². The topological polar surface area (TPSA) is 42.1 Å². The van der Waals surface area contributed by atoms with E-state index >= 15 is 0 Å². The molecule has 116 valence electrons. The molecule has 1 heterocycles. The fourth-order valence-corrected chi connectivity index (χ4v) is 3.94. The molecule has 1 aromatic rings. The molecule has 2 saturated carbocycles. The van der Waals surface area contributed by atoms with Gasteiger partial charge in [0.2, 0.25) is 0 Å². The number of nitrogens with zero attached hydrogens (tertiary/aromatic N) is 2. The van der Waals surface area contributed by atoms with Crippen molar-refractivity contribution >= 4 is 11.6 Å². The highest BCUT2D eigenvalue weighted by Crippen LogP contribution is 2.48. The van der Waals surface area contributed by atoms with Crippen LogP contribution in [-0.2, 0) is 6.18 Å². The fraction of sp³-hybridized carbons (Fsp3) is 0.667. The molecule has 6 heteroatoms. The molecule has 21 heavy (non-hydrogen) atoms. The summed E-state index contributed by atoms with van der Waals surface area (Å²) >= 11 is 0. The number of nitrogen functional groups attached to an aromatic ring is 1. The average Bonchev–Trinajstić information content (AvgIpc) is 2.99. The van der Waals surface area contributed by atoms with Crippen molar-refractivity contribution in [1.82, 2.24) is 4.98 Å². The Kier molecular flexibility index (Phi) is 3.50. The van der Waals surface area contributed by atoms with Crippen LogP contribution in [0.3, 0.4) is 0 Å². The van der Waals surface area contributed by atoms with Crippen LogP contribution in [0.2, 0.25) is 0 Å². The number of alkyl halides is 3. The lowest BCUT2D eigenvalue weighted by Gasteiger charge is -2.28. The highest BCUT2D eigenvalue weighted by molar-refractivity contribution is 5.49. The van der Waals surface area contributed by atoms with E-state index in [1.807, 2.05) is 4.90 Å². The predicted molar refractivity (Wildman–Crippen MR) is 75.9 cm³/mol. The van der Waals surface area contributed by atoms with Gasteiger partial charge in [-0.2, -0.15) is 13.2 Å². The number of nitrogens with two attached hydrogens (primary N) is 1. The van der Waals surface area contributed by atoms with E-state index in [0.29, 0.717) is 11.7 Å². The minimum Gasteiger partial charge on any atom is -0.384 e. The van der Waals surface area contributed by atoms with Crippen molar-refractivity contribution in [2.75, 3.05) is 24.2 Å². The van der Waals surface area contributed by atoms with Crippen molar-refractivity contribution < 1.29 is 13.2 Å². The Balaban J connectivity index is 1.75. The normalized spacial score (nSPS) is 28.1. The molecule has 3 atom stereocenters. The third-order valence-corrected chi connectivity index (χ3v) is 4.94. The Morgan fingerprint density at radius 3 is 2.62 bits per heavy atom. The highest BCUT2D eigenvalue weighted by Gasteiger charge is 2.40. The summed E-state index contributed by atoms with van der Waals surface area (Å²) in [5, 5.41) is 0. The first-order valence-electron chi connectivity index (χ1n) is 7.39. The molecule has 1 aromatic heterocycles. The largest absolute Gasteiger partial charge is 0.416 e. The molecule has 0 aromatic carbocycles. The quantitative estimate of drug-likeness (QED) is 0.928. The predicted octanol–water partition coefficient (Wildman–Crippen LogP) is 3.56. The monoisotopic (exact) mass is 299 g/mol. The molecule has 2 aliphatic carbocycles. The lowest BCUT2D eigenvalue weighted by Crippen LogP contribution is -2.29. The van der Waals surface area contributed by atoms with Gasteiger partial charge in [0, 0.05) is 13.6 Å². The third-order valence-electron chi connectivity index (χ3n) is 4.94. The molecule has 0 aliphatic heterocycles. The second kappa shape index (κ2) is 5.07. The second-order valence-electron chi connectivity index (χ2n) is 6.45. The summed E-state index contributed by atoms with van der Waals surface area (Å²) in [6.45, 7) is 0.759. The first-order chi connectivity index (χ1) is 9.83. The van der Waals surface area contributed by atoms with Crippen LogP contribution in [0.4, 0.5) is 24.8 Å². The molecule has 3 nitrogen and oxygen atoms in total. The summed E-state index contributed by atoms with van der Waals surface area (Å²) in [6, 6.07) is 1.97. The molecule has 2 aliphatic rings. The number of rotatable bonds is 3. The van der Waals surface area contributed by atoms with E-state index in [1.165, 1.54) is 25.7 Å². The maximum atomic E-state index is 12.8. The number of hydrogen-bond donors (Lipinski definition) is 1. The van der Waals surface area contributed by atoms with E-state index in [9.17, 15) is 13.2 Å². The Morgan fingerprint density at radius 1 is 1.29 bits per heavy atom. The van der Waals surface area contributed by atoms with E-state index in [-0.39, 0.29) is 5.82 Å². The van der Waals surface area contributed by atoms with E-state index in [4.69, 9.17) is 5.73 Å². The molecule has 0 saturated heterocycles. The minimum atomic E-state index is -4.39. The summed E-state index contributed by atoms with van der Waals surface area (Å²) in [7, 11) is 1.80. The van der Waals surface area contributed by atoms with Crippen LogP contribution in [0.15, 0.2) is 12.1 Å². The number of hydrogen-bond acceptors (Lipinski definition) is 3. The zero-order valence-corrected chi connectivity index (χ0v) is 12.0. The van der Waals surface area contributed by atoms with Crippen LogP contribution < -0.4 is 10.6 Å². The molecule has 0 radical (unpaired) electrons. The summed E-state index contributed by atoms with van der Waals surface area (Å²) in [5.41, 5.74) is 4.79. The molecule has 3 unspecified atom stereocenters. The van der Waals surface area contributed by atoms with Crippen LogP contribution >= 0.6 is 0 Å². The minimum absolute atomic E-state index is 0.0837. The zero-order valence-electron chi connectivity index (χ0n) is 12.0. The van der Waals surface area contributed by atoms with Crippen LogP contribution in [0.5, 0.6) is 0 Å². The number of halogens is 3. The van der Waals surface area contributed by atoms with Crippen molar-refractivity contribution in [3.63, 3.8) is 0 Å². The smallest absolute Gasteiger partial charge is 0.384 e. The summed E-state index contributed by atoms with van der Waals surface area (Å²) < 4.78 is 38.5. The van der Waals surface area contributed by atoms with E-state index < -0.39 is 11.7 Å². The summed E-state index contributed by atoms with van der Waals surface area (Å²) in [4.78, 5) is 5.87. The Labute approximate surface area is 122 Å². The van der Waals surface area contributed by atoms with Gasteiger partial charge >= 0.3 is 6.18 Å². The number of aromatic nitrogens is 1. The lowest BCUT2D eigenvalue weighted by atomic mass is 9.88. The first kappa shape index (κ1) is 14.5. The maximum absolute atomic E-state index is 12.8. The Hall–Kier alpha value is -1.46. The van der Waals surface area contributed by atoms with Crippen LogP contribution in [0.1, 0.15) is 31.2 Å². The van der Waals surface area contributed by atoms with Crippen LogP contribution in [0.25, 0.3) is 0 Å². The standard InChI is InChI=1S/C15H20F3N3/c1-21(8-11-5-9-2-3-10(11)4-9)14-7-12(15(16,17)18)6-13(19)20-14/h6-7,9-11H,2-5,8H2,1H3,(H2,19,20). The molecule has 2 fully saturated rings. The molecule has 0 amide bonds.